The number of hydrogen-bond donors (Lipinski definition) is 0. The molecule has 1 saturated heterocycles. The van der Waals surface area contributed by atoms with Crippen molar-refractivity contribution in [1.82, 2.24) is 39.4 Å². The first kappa shape index (κ1) is 29.4. The van der Waals surface area contributed by atoms with Gasteiger partial charge in [-0.05, 0) is 49.1 Å². The van der Waals surface area contributed by atoms with Crippen LogP contribution in [-0.2, 0) is 17.8 Å². The molecule has 5 aromatic rings. The second kappa shape index (κ2) is 11.2. The summed E-state index contributed by atoms with van der Waals surface area (Å²) in [7, 11) is 0. The van der Waals surface area contributed by atoms with Crippen molar-refractivity contribution in [2.75, 3.05) is 24.5 Å². The first-order valence-electron chi connectivity index (χ1n) is 15.1. The fraction of sp³-hybridized carbons (Fsp3) is 0.303. The summed E-state index contributed by atoms with van der Waals surface area (Å²) in [5, 5.41) is 8.79. The van der Waals surface area contributed by atoms with Crippen molar-refractivity contribution in [2.24, 2.45) is 0 Å². The number of pyridine rings is 2. The number of benzene rings is 1. The number of nitrogens with zero attached hydrogens (tertiary/aromatic N) is 9. The van der Waals surface area contributed by atoms with Crippen LogP contribution in [0.25, 0.3) is 39.2 Å². The summed E-state index contributed by atoms with van der Waals surface area (Å²) in [6, 6.07) is 7.24. The minimum absolute atomic E-state index is 0.0917. The number of aromatic nitrogens is 7. The van der Waals surface area contributed by atoms with Crippen LogP contribution in [0.3, 0.4) is 0 Å². The standard InChI is InChI=1S/C33H31F2N9O2/c1-5-26(45)41-13-14-43(19(4)16-41)31-22-15-24(35)29-27-21(7-6-8-23(27)34)25-17-42(40-39-25)12-10-20-9-11-36-28(18(2)3)30(20)44(32(22)37-29)33(46)38-31/h5-9,11,15,17-19H,1,10,12-14,16H2,2-4H3/t19-/m0/s1. The number of fused-ring (bicyclic) bond motifs is 8. The summed E-state index contributed by atoms with van der Waals surface area (Å²) in [4.78, 5) is 44.1. The normalized spacial score (nSPS) is 16.1. The molecular weight excluding hydrogens is 592 g/mol. The molecule has 1 aromatic carbocycles. The molecule has 2 aliphatic rings. The first-order chi connectivity index (χ1) is 22.2. The maximum absolute atomic E-state index is 16.4. The monoisotopic (exact) mass is 623 g/mol. The third-order valence-electron chi connectivity index (χ3n) is 8.67. The number of aryl methyl sites for hydroxylation is 2. The van der Waals surface area contributed by atoms with Gasteiger partial charge in [-0.3, -0.25) is 14.5 Å². The van der Waals surface area contributed by atoms with E-state index in [0.717, 1.165) is 5.56 Å². The SMILES string of the molecule is C=CC(=O)N1CCN(c2nc(=O)n3c4nc(c(F)cc24)-c2c(F)cccc2-c2cn(nn2)CCc2ccnc(C(C)C)c2-3)[C@@H](C)C1. The zero-order valence-electron chi connectivity index (χ0n) is 25.6. The van der Waals surface area contributed by atoms with Crippen molar-refractivity contribution in [3.8, 4) is 28.2 Å². The third kappa shape index (κ3) is 4.73. The Bertz CT molecular complexity index is 2110. The lowest BCUT2D eigenvalue weighted by molar-refractivity contribution is -0.126. The third-order valence-corrected chi connectivity index (χ3v) is 8.67. The van der Waals surface area contributed by atoms with Gasteiger partial charge in [0.2, 0.25) is 5.91 Å². The summed E-state index contributed by atoms with van der Waals surface area (Å²) in [5.74, 6) is -1.54. The molecule has 13 heteroatoms. The van der Waals surface area contributed by atoms with E-state index in [0.29, 0.717) is 55.2 Å². The summed E-state index contributed by atoms with van der Waals surface area (Å²) >= 11 is 0. The lowest BCUT2D eigenvalue weighted by atomic mass is 10.00. The first-order valence-corrected chi connectivity index (χ1v) is 15.1. The molecule has 0 radical (unpaired) electrons. The molecule has 0 unspecified atom stereocenters. The minimum Gasteiger partial charge on any atom is -0.350 e. The summed E-state index contributed by atoms with van der Waals surface area (Å²) in [6.45, 7) is 10.9. The van der Waals surface area contributed by atoms with Crippen LogP contribution in [0.5, 0.6) is 0 Å². The molecule has 0 aliphatic carbocycles. The predicted octanol–water partition coefficient (Wildman–Crippen LogP) is 4.28. The van der Waals surface area contributed by atoms with Gasteiger partial charge in [-0.25, -0.2) is 23.1 Å². The summed E-state index contributed by atoms with van der Waals surface area (Å²) < 4.78 is 35.1. The molecule has 6 heterocycles. The van der Waals surface area contributed by atoms with E-state index in [1.54, 1.807) is 28.0 Å². The van der Waals surface area contributed by atoms with E-state index in [-0.39, 0.29) is 46.0 Å². The van der Waals surface area contributed by atoms with Crippen LogP contribution in [0.4, 0.5) is 14.6 Å². The maximum Gasteiger partial charge on any atom is 0.355 e. The van der Waals surface area contributed by atoms with E-state index >= 15 is 8.78 Å². The van der Waals surface area contributed by atoms with Crippen molar-refractivity contribution >= 4 is 22.8 Å². The van der Waals surface area contributed by atoms with Crippen molar-refractivity contribution in [1.29, 1.82) is 0 Å². The Labute approximate surface area is 262 Å². The topological polar surface area (TPSA) is 115 Å². The number of carbonyl (C=O) groups excluding carboxylic acids is 1. The Hall–Kier alpha value is -5.33. The van der Waals surface area contributed by atoms with Gasteiger partial charge in [0.15, 0.2) is 11.5 Å². The highest BCUT2D eigenvalue weighted by atomic mass is 19.1. The molecule has 7 rings (SSSR count). The molecular formula is C33H31F2N9O2. The average molecular weight is 624 g/mol. The number of carbonyl (C=O) groups is 1. The second-order valence-electron chi connectivity index (χ2n) is 11.9. The van der Waals surface area contributed by atoms with E-state index < -0.39 is 17.3 Å². The van der Waals surface area contributed by atoms with Gasteiger partial charge in [-0.1, -0.05) is 37.8 Å². The molecule has 1 fully saturated rings. The zero-order chi connectivity index (χ0) is 32.3. The van der Waals surface area contributed by atoms with E-state index in [1.807, 2.05) is 31.7 Å². The van der Waals surface area contributed by atoms with Crippen LogP contribution >= 0.6 is 0 Å². The van der Waals surface area contributed by atoms with E-state index in [4.69, 9.17) is 4.98 Å². The zero-order valence-corrected chi connectivity index (χ0v) is 25.6. The van der Waals surface area contributed by atoms with Crippen LogP contribution in [0.15, 0.2) is 60.2 Å². The lowest BCUT2D eigenvalue weighted by Crippen LogP contribution is -2.54. The van der Waals surface area contributed by atoms with Crippen LogP contribution < -0.4 is 10.6 Å². The number of piperazine rings is 1. The smallest absolute Gasteiger partial charge is 0.350 e. The Kier molecular flexibility index (Phi) is 7.18. The fourth-order valence-corrected chi connectivity index (χ4v) is 6.44. The molecule has 1 atom stereocenters. The van der Waals surface area contributed by atoms with Crippen LogP contribution in [0.2, 0.25) is 0 Å². The van der Waals surface area contributed by atoms with Crippen LogP contribution in [0.1, 0.15) is 37.9 Å². The average Bonchev–Trinajstić information content (AvgIpc) is 3.52. The molecule has 1 amide bonds. The molecule has 0 spiro atoms. The molecule has 2 aliphatic heterocycles. The van der Waals surface area contributed by atoms with Gasteiger partial charge in [-0.2, -0.15) is 4.98 Å². The summed E-state index contributed by atoms with van der Waals surface area (Å²) in [5.41, 5.74) is 1.72. The highest BCUT2D eigenvalue weighted by Gasteiger charge is 2.31. The number of rotatable bonds is 3. The van der Waals surface area contributed by atoms with Gasteiger partial charge in [0.05, 0.1) is 23.0 Å². The quantitative estimate of drug-likeness (QED) is 0.274. The van der Waals surface area contributed by atoms with Crippen LogP contribution in [-0.4, -0.2) is 71.0 Å². The van der Waals surface area contributed by atoms with E-state index in [1.165, 1.54) is 28.8 Å². The highest BCUT2D eigenvalue weighted by molar-refractivity contribution is 5.92. The highest BCUT2D eigenvalue weighted by Crippen LogP contribution is 2.38. The van der Waals surface area contributed by atoms with E-state index in [2.05, 4.69) is 26.9 Å². The Morgan fingerprint density at radius 3 is 2.70 bits per heavy atom. The Morgan fingerprint density at radius 2 is 1.93 bits per heavy atom. The van der Waals surface area contributed by atoms with Gasteiger partial charge < -0.3 is 9.80 Å². The molecule has 234 valence electrons. The maximum atomic E-state index is 16.4. The van der Waals surface area contributed by atoms with Crippen molar-refractivity contribution < 1.29 is 13.6 Å². The van der Waals surface area contributed by atoms with Gasteiger partial charge >= 0.3 is 5.69 Å². The summed E-state index contributed by atoms with van der Waals surface area (Å²) in [6.07, 6.45) is 5.11. The lowest BCUT2D eigenvalue weighted by Gasteiger charge is -2.40. The van der Waals surface area contributed by atoms with Crippen molar-refractivity contribution in [3.05, 3.63) is 88.8 Å². The number of hydrogen-bond acceptors (Lipinski definition) is 8. The molecule has 11 nitrogen and oxygen atoms in total. The molecule has 4 bridgehead atoms. The Morgan fingerprint density at radius 1 is 1.11 bits per heavy atom. The second-order valence-corrected chi connectivity index (χ2v) is 11.9. The molecule has 46 heavy (non-hydrogen) atoms. The molecule has 0 saturated carbocycles. The fourth-order valence-electron chi connectivity index (χ4n) is 6.44. The van der Waals surface area contributed by atoms with E-state index in [9.17, 15) is 9.59 Å². The van der Waals surface area contributed by atoms with Gasteiger partial charge in [0.1, 0.15) is 23.0 Å². The minimum atomic E-state index is -0.794. The van der Waals surface area contributed by atoms with Crippen LogP contribution in [0, 0.1) is 11.6 Å². The van der Waals surface area contributed by atoms with Gasteiger partial charge in [-0.15, -0.1) is 5.10 Å². The molecule has 0 N–H and O–H groups in total. The van der Waals surface area contributed by atoms with Gasteiger partial charge in [0.25, 0.3) is 0 Å². The number of halogens is 2. The van der Waals surface area contributed by atoms with Crippen molar-refractivity contribution in [2.45, 2.75) is 45.7 Å². The number of amides is 1. The molecule has 4 aromatic heterocycles. The number of anilines is 1. The Balaban J connectivity index is 1.57. The largest absolute Gasteiger partial charge is 0.355 e. The van der Waals surface area contributed by atoms with Gasteiger partial charge in [0, 0.05) is 49.5 Å². The predicted molar refractivity (Wildman–Crippen MR) is 169 cm³/mol. The van der Waals surface area contributed by atoms with Crippen molar-refractivity contribution in [3.63, 3.8) is 0 Å².